The van der Waals surface area contributed by atoms with Crippen molar-refractivity contribution in [3.05, 3.63) is 35.1 Å². The predicted octanol–water partition coefficient (Wildman–Crippen LogP) is 2.82. The highest BCUT2D eigenvalue weighted by Gasteiger charge is 2.18. The lowest BCUT2D eigenvalue weighted by Crippen LogP contribution is -2.29. The summed E-state index contributed by atoms with van der Waals surface area (Å²) >= 11 is 0. The molecule has 1 aliphatic carbocycles. The molecule has 106 valence electrons. The van der Waals surface area contributed by atoms with Crippen LogP contribution in [0.4, 0.5) is 4.39 Å². The fourth-order valence-electron chi connectivity index (χ4n) is 2.75. The van der Waals surface area contributed by atoms with Crippen molar-refractivity contribution >= 4 is 0 Å². The van der Waals surface area contributed by atoms with Gasteiger partial charge in [0.2, 0.25) is 0 Å². The van der Waals surface area contributed by atoms with Gasteiger partial charge in [-0.2, -0.15) is 0 Å². The Hall–Kier alpha value is -0.930. The Kier molecular flexibility index (Phi) is 5.34. The Morgan fingerprint density at radius 1 is 1.26 bits per heavy atom. The van der Waals surface area contributed by atoms with E-state index in [4.69, 9.17) is 0 Å². The summed E-state index contributed by atoms with van der Waals surface area (Å²) < 4.78 is 13.1. The van der Waals surface area contributed by atoms with Gasteiger partial charge < -0.3 is 10.4 Å². The molecule has 0 heterocycles. The van der Waals surface area contributed by atoms with Crippen molar-refractivity contribution in [2.24, 2.45) is 5.92 Å². The summed E-state index contributed by atoms with van der Waals surface area (Å²) in [5.41, 5.74) is 1.91. The number of aliphatic hydroxyl groups is 1. The number of rotatable bonds is 5. The van der Waals surface area contributed by atoms with Gasteiger partial charge in [-0.15, -0.1) is 0 Å². The summed E-state index contributed by atoms with van der Waals surface area (Å²) in [5.74, 6) is 0.579. The third-order valence-electron chi connectivity index (χ3n) is 4.06. The van der Waals surface area contributed by atoms with Gasteiger partial charge in [-0.3, -0.25) is 0 Å². The van der Waals surface area contributed by atoms with Crippen molar-refractivity contribution in [2.45, 2.75) is 45.1 Å². The molecular weight excluding hydrogens is 241 g/mol. The molecule has 1 aromatic carbocycles. The van der Waals surface area contributed by atoms with E-state index in [1.807, 2.05) is 12.1 Å². The molecule has 2 rings (SSSR count). The first kappa shape index (κ1) is 14.5. The Morgan fingerprint density at radius 2 is 2.00 bits per heavy atom. The lowest BCUT2D eigenvalue weighted by Gasteiger charge is -2.25. The van der Waals surface area contributed by atoms with E-state index in [1.165, 1.54) is 5.56 Å². The monoisotopic (exact) mass is 265 g/mol. The molecule has 0 aliphatic heterocycles. The molecule has 0 spiro atoms. The van der Waals surface area contributed by atoms with Gasteiger partial charge in [0, 0.05) is 0 Å². The van der Waals surface area contributed by atoms with E-state index in [0.717, 1.165) is 50.8 Å². The molecule has 0 radical (unpaired) electrons. The van der Waals surface area contributed by atoms with Gasteiger partial charge in [-0.25, -0.2) is 4.39 Å². The normalized spacial score (nSPS) is 23.5. The fraction of sp³-hybridized carbons (Fsp3) is 0.625. The van der Waals surface area contributed by atoms with Crippen molar-refractivity contribution in [3.8, 4) is 0 Å². The summed E-state index contributed by atoms with van der Waals surface area (Å²) in [5, 5.41) is 12.9. The molecule has 0 unspecified atom stereocenters. The van der Waals surface area contributed by atoms with Crippen LogP contribution in [0.2, 0.25) is 0 Å². The van der Waals surface area contributed by atoms with E-state index < -0.39 is 0 Å². The van der Waals surface area contributed by atoms with Crippen molar-refractivity contribution in [3.63, 3.8) is 0 Å². The van der Waals surface area contributed by atoms with E-state index in [2.05, 4.69) is 5.32 Å². The average molecular weight is 265 g/mol. The molecule has 1 aromatic rings. The summed E-state index contributed by atoms with van der Waals surface area (Å²) in [4.78, 5) is 0. The lowest BCUT2D eigenvalue weighted by molar-refractivity contribution is 0.108. The third kappa shape index (κ3) is 4.59. The summed E-state index contributed by atoms with van der Waals surface area (Å²) in [7, 11) is 0. The highest BCUT2D eigenvalue weighted by Crippen LogP contribution is 2.23. The second kappa shape index (κ2) is 7.01. The summed E-state index contributed by atoms with van der Waals surface area (Å²) in [6, 6.07) is 5.34. The Morgan fingerprint density at radius 3 is 2.68 bits per heavy atom. The van der Waals surface area contributed by atoms with Crippen LogP contribution in [0.25, 0.3) is 0 Å². The standard InChI is InChI=1S/C16H24FNO/c1-12-10-13(4-7-16(12)17)8-9-18-11-14-2-5-15(19)6-3-14/h4,7,10,14-15,18-19H,2-3,5-6,8-9,11H2,1H3. The smallest absolute Gasteiger partial charge is 0.126 e. The van der Waals surface area contributed by atoms with Gasteiger partial charge in [0.25, 0.3) is 0 Å². The van der Waals surface area contributed by atoms with E-state index in [9.17, 15) is 9.50 Å². The SMILES string of the molecule is Cc1cc(CCNCC2CCC(O)CC2)ccc1F. The van der Waals surface area contributed by atoms with Crippen molar-refractivity contribution in [1.82, 2.24) is 5.32 Å². The number of benzene rings is 1. The minimum Gasteiger partial charge on any atom is -0.393 e. The zero-order valence-corrected chi connectivity index (χ0v) is 11.7. The molecule has 3 heteroatoms. The van der Waals surface area contributed by atoms with E-state index in [1.54, 1.807) is 13.0 Å². The Bertz CT molecular complexity index is 400. The molecule has 1 fully saturated rings. The van der Waals surface area contributed by atoms with Crippen molar-refractivity contribution in [1.29, 1.82) is 0 Å². The molecule has 19 heavy (non-hydrogen) atoms. The molecular formula is C16H24FNO. The first-order valence-corrected chi connectivity index (χ1v) is 7.29. The molecule has 2 nitrogen and oxygen atoms in total. The number of nitrogens with one attached hydrogen (secondary N) is 1. The fourth-order valence-corrected chi connectivity index (χ4v) is 2.75. The van der Waals surface area contributed by atoms with Crippen LogP contribution in [-0.4, -0.2) is 24.3 Å². The minimum atomic E-state index is -0.127. The zero-order valence-electron chi connectivity index (χ0n) is 11.7. The Labute approximate surface area is 115 Å². The van der Waals surface area contributed by atoms with Crippen LogP contribution >= 0.6 is 0 Å². The number of hydrogen-bond acceptors (Lipinski definition) is 2. The molecule has 0 saturated heterocycles. The minimum absolute atomic E-state index is 0.0709. The lowest BCUT2D eigenvalue weighted by atomic mass is 9.87. The van der Waals surface area contributed by atoms with Gasteiger partial charge in [0.1, 0.15) is 5.82 Å². The second-order valence-corrected chi connectivity index (χ2v) is 5.71. The van der Waals surface area contributed by atoms with Crippen LogP contribution in [0.1, 0.15) is 36.8 Å². The third-order valence-corrected chi connectivity index (χ3v) is 4.06. The van der Waals surface area contributed by atoms with E-state index >= 15 is 0 Å². The first-order chi connectivity index (χ1) is 9.15. The first-order valence-electron chi connectivity index (χ1n) is 7.29. The Balaban J connectivity index is 1.65. The molecule has 2 N–H and O–H groups in total. The van der Waals surface area contributed by atoms with Crippen LogP contribution in [0.15, 0.2) is 18.2 Å². The molecule has 0 aromatic heterocycles. The molecule has 1 aliphatic rings. The summed E-state index contributed by atoms with van der Waals surface area (Å²) in [6.45, 7) is 3.77. The summed E-state index contributed by atoms with van der Waals surface area (Å²) in [6.07, 6.45) is 5.02. The number of hydrogen-bond donors (Lipinski definition) is 2. The average Bonchev–Trinajstić information content (AvgIpc) is 2.41. The maximum absolute atomic E-state index is 13.1. The molecule has 0 bridgehead atoms. The van der Waals surface area contributed by atoms with E-state index in [0.29, 0.717) is 5.92 Å². The molecule has 0 atom stereocenters. The van der Waals surface area contributed by atoms with Crippen molar-refractivity contribution < 1.29 is 9.50 Å². The number of halogens is 1. The number of aryl methyl sites for hydroxylation is 1. The van der Waals surface area contributed by atoms with Gasteiger partial charge in [0.15, 0.2) is 0 Å². The van der Waals surface area contributed by atoms with Crippen LogP contribution < -0.4 is 5.32 Å². The predicted molar refractivity (Wildman–Crippen MR) is 75.7 cm³/mol. The van der Waals surface area contributed by atoms with Crippen LogP contribution in [-0.2, 0) is 6.42 Å². The van der Waals surface area contributed by atoms with Crippen molar-refractivity contribution in [2.75, 3.05) is 13.1 Å². The number of aliphatic hydroxyl groups excluding tert-OH is 1. The van der Waals surface area contributed by atoms with Crippen LogP contribution in [0.5, 0.6) is 0 Å². The van der Waals surface area contributed by atoms with Crippen LogP contribution in [0, 0.1) is 18.7 Å². The van der Waals surface area contributed by atoms with Gasteiger partial charge in [-0.05, 0) is 75.2 Å². The topological polar surface area (TPSA) is 32.3 Å². The maximum atomic E-state index is 13.1. The second-order valence-electron chi connectivity index (χ2n) is 5.71. The van der Waals surface area contributed by atoms with Gasteiger partial charge in [0.05, 0.1) is 6.10 Å². The molecule has 0 amide bonds. The largest absolute Gasteiger partial charge is 0.393 e. The van der Waals surface area contributed by atoms with Gasteiger partial charge >= 0.3 is 0 Å². The zero-order chi connectivity index (χ0) is 13.7. The van der Waals surface area contributed by atoms with Crippen LogP contribution in [0.3, 0.4) is 0 Å². The highest BCUT2D eigenvalue weighted by atomic mass is 19.1. The highest BCUT2D eigenvalue weighted by molar-refractivity contribution is 5.24. The molecule has 1 saturated carbocycles. The van der Waals surface area contributed by atoms with E-state index in [-0.39, 0.29) is 11.9 Å². The maximum Gasteiger partial charge on any atom is 0.126 e. The van der Waals surface area contributed by atoms with Gasteiger partial charge in [-0.1, -0.05) is 12.1 Å². The quantitative estimate of drug-likeness (QED) is 0.802.